The van der Waals surface area contributed by atoms with Gasteiger partial charge in [-0.3, -0.25) is 24.3 Å². The first-order valence-electron chi connectivity index (χ1n) is 14.3. The topological polar surface area (TPSA) is 99.6 Å². The van der Waals surface area contributed by atoms with E-state index in [1.807, 2.05) is 4.90 Å². The van der Waals surface area contributed by atoms with Gasteiger partial charge in [-0.05, 0) is 49.2 Å². The molecule has 6 rings (SSSR count). The molecule has 2 aliphatic carbocycles. The van der Waals surface area contributed by atoms with Gasteiger partial charge in [0.2, 0.25) is 5.91 Å². The highest BCUT2D eigenvalue weighted by Gasteiger charge is 2.62. The molecule has 2 saturated carbocycles. The lowest BCUT2D eigenvalue weighted by molar-refractivity contribution is -0.192. The van der Waals surface area contributed by atoms with Gasteiger partial charge in [0, 0.05) is 69.3 Å². The number of pyridine rings is 1. The third kappa shape index (κ3) is 5.63. The second-order valence-corrected chi connectivity index (χ2v) is 11.9. The van der Waals surface area contributed by atoms with E-state index in [0.717, 1.165) is 12.8 Å². The standard InChI is InChI=1S/C31H33F3N6O3/c1-38(2)29(43)20-5-6-21(24(32)13-20)16-39-11-12-40-25(9-10-26(40)30(39)17-31(33,34)18-30)28(42)36-14-22-7-8-23(15-35-22)37-27(41)19-3-4-19/h5-10,13,15,19H,3-4,11-12,14,16-18H2,1-2H3,(H,36,42)(H,37,41). The fraction of sp³-hybridized carbons (Fsp3) is 0.419. The highest BCUT2D eigenvalue weighted by molar-refractivity contribution is 5.94. The molecule has 0 unspecified atom stereocenters. The molecular formula is C31H33F3N6O3. The van der Waals surface area contributed by atoms with Crippen LogP contribution in [0.1, 0.15) is 63.5 Å². The average Bonchev–Trinajstić information content (AvgIpc) is 3.72. The number of alkyl halides is 2. The molecular weight excluding hydrogens is 561 g/mol. The number of benzene rings is 1. The summed E-state index contributed by atoms with van der Waals surface area (Å²) < 4.78 is 45.7. The van der Waals surface area contributed by atoms with Gasteiger partial charge in [0.1, 0.15) is 11.5 Å². The van der Waals surface area contributed by atoms with Crippen LogP contribution in [-0.4, -0.2) is 63.6 Å². The van der Waals surface area contributed by atoms with Crippen LogP contribution in [0.25, 0.3) is 0 Å². The molecule has 0 atom stereocenters. The smallest absolute Gasteiger partial charge is 0.268 e. The Kier molecular flexibility index (Phi) is 7.27. The Morgan fingerprint density at radius 3 is 2.44 bits per heavy atom. The van der Waals surface area contributed by atoms with Crippen molar-refractivity contribution in [2.45, 2.75) is 56.8 Å². The van der Waals surface area contributed by atoms with Crippen molar-refractivity contribution in [2.24, 2.45) is 5.92 Å². The number of aromatic nitrogens is 2. The van der Waals surface area contributed by atoms with Gasteiger partial charge < -0.3 is 20.1 Å². The fourth-order valence-electron chi connectivity index (χ4n) is 6.08. The summed E-state index contributed by atoms with van der Waals surface area (Å²) in [6.45, 7) is 0.946. The van der Waals surface area contributed by atoms with Gasteiger partial charge in [0.25, 0.3) is 17.7 Å². The first-order chi connectivity index (χ1) is 20.5. The van der Waals surface area contributed by atoms with Gasteiger partial charge in [0.05, 0.1) is 29.7 Å². The molecule has 226 valence electrons. The van der Waals surface area contributed by atoms with Gasteiger partial charge in [-0.15, -0.1) is 0 Å². The van der Waals surface area contributed by atoms with Crippen LogP contribution in [0, 0.1) is 11.7 Å². The SMILES string of the molecule is CN(C)C(=O)c1ccc(CN2CCn3c(C(=O)NCc4ccc(NC(=O)C5CC5)cn4)ccc3C23CC(F)(F)C3)c(F)c1. The zero-order valence-electron chi connectivity index (χ0n) is 24.0. The summed E-state index contributed by atoms with van der Waals surface area (Å²) in [6.07, 6.45) is 2.49. The van der Waals surface area contributed by atoms with Crippen LogP contribution in [0.2, 0.25) is 0 Å². The summed E-state index contributed by atoms with van der Waals surface area (Å²) in [4.78, 5) is 44.9. The fourth-order valence-corrected chi connectivity index (χ4v) is 6.08. The van der Waals surface area contributed by atoms with E-state index in [9.17, 15) is 23.2 Å². The van der Waals surface area contributed by atoms with Gasteiger partial charge in [-0.25, -0.2) is 13.2 Å². The van der Waals surface area contributed by atoms with E-state index in [-0.39, 0.29) is 42.3 Å². The van der Waals surface area contributed by atoms with Crippen molar-refractivity contribution in [1.82, 2.24) is 24.7 Å². The summed E-state index contributed by atoms with van der Waals surface area (Å²) in [6, 6.07) is 11.1. The van der Waals surface area contributed by atoms with Crippen molar-refractivity contribution in [3.8, 4) is 0 Å². The Hall–Kier alpha value is -4.19. The van der Waals surface area contributed by atoms with Crippen LogP contribution >= 0.6 is 0 Å². The number of anilines is 1. The maximum atomic E-state index is 15.1. The molecule has 0 radical (unpaired) electrons. The molecule has 2 fully saturated rings. The van der Waals surface area contributed by atoms with E-state index in [2.05, 4.69) is 15.6 Å². The lowest BCUT2D eigenvalue weighted by Gasteiger charge is -2.56. The minimum atomic E-state index is -2.87. The second kappa shape index (κ2) is 10.8. The second-order valence-electron chi connectivity index (χ2n) is 11.9. The molecule has 3 aromatic rings. The van der Waals surface area contributed by atoms with E-state index >= 15 is 4.39 Å². The van der Waals surface area contributed by atoms with Crippen molar-refractivity contribution in [3.05, 3.63) is 82.7 Å². The van der Waals surface area contributed by atoms with Crippen LogP contribution in [0.15, 0.2) is 48.7 Å². The van der Waals surface area contributed by atoms with Gasteiger partial charge in [-0.1, -0.05) is 6.07 Å². The van der Waals surface area contributed by atoms with Crippen LogP contribution in [0.4, 0.5) is 18.9 Å². The van der Waals surface area contributed by atoms with Crippen LogP contribution < -0.4 is 10.6 Å². The minimum Gasteiger partial charge on any atom is -0.345 e. The minimum absolute atomic E-state index is 0.0130. The van der Waals surface area contributed by atoms with Crippen molar-refractivity contribution >= 4 is 23.4 Å². The maximum absolute atomic E-state index is 15.1. The molecule has 3 amide bonds. The zero-order chi connectivity index (χ0) is 30.5. The third-order valence-electron chi connectivity index (χ3n) is 8.53. The number of fused-ring (bicyclic) bond motifs is 2. The monoisotopic (exact) mass is 594 g/mol. The zero-order valence-corrected chi connectivity index (χ0v) is 24.0. The van der Waals surface area contributed by atoms with E-state index in [4.69, 9.17) is 0 Å². The summed E-state index contributed by atoms with van der Waals surface area (Å²) in [5.41, 5.74) is 1.63. The van der Waals surface area contributed by atoms with E-state index in [1.165, 1.54) is 17.0 Å². The number of halogens is 3. The molecule has 1 aromatic carbocycles. The average molecular weight is 595 g/mol. The molecule has 2 aromatic heterocycles. The van der Waals surface area contributed by atoms with Gasteiger partial charge in [-0.2, -0.15) is 0 Å². The number of carbonyl (C=O) groups excluding carboxylic acids is 3. The Morgan fingerprint density at radius 1 is 1.05 bits per heavy atom. The molecule has 9 nitrogen and oxygen atoms in total. The first kappa shape index (κ1) is 28.9. The number of nitrogens with zero attached hydrogens (tertiary/aromatic N) is 4. The van der Waals surface area contributed by atoms with E-state index in [0.29, 0.717) is 41.4 Å². The predicted octanol–water partition coefficient (Wildman–Crippen LogP) is 4.14. The molecule has 1 aliphatic heterocycles. The van der Waals surface area contributed by atoms with E-state index in [1.54, 1.807) is 55.2 Å². The highest BCUT2D eigenvalue weighted by atomic mass is 19.3. The lowest BCUT2D eigenvalue weighted by atomic mass is 9.68. The summed E-state index contributed by atoms with van der Waals surface area (Å²) in [5, 5.41) is 5.67. The number of hydrogen-bond acceptors (Lipinski definition) is 5. The van der Waals surface area contributed by atoms with Gasteiger partial charge in [0.15, 0.2) is 0 Å². The number of amides is 3. The van der Waals surface area contributed by atoms with Crippen molar-refractivity contribution in [2.75, 3.05) is 26.0 Å². The predicted molar refractivity (Wildman–Crippen MR) is 152 cm³/mol. The van der Waals surface area contributed by atoms with E-state index < -0.39 is 30.1 Å². The Labute approximate surface area is 247 Å². The summed E-state index contributed by atoms with van der Waals surface area (Å²) in [5.74, 6) is -4.06. The molecule has 1 spiro atoms. The number of carbonyl (C=O) groups is 3. The van der Waals surface area contributed by atoms with Crippen molar-refractivity contribution < 1.29 is 27.6 Å². The van der Waals surface area contributed by atoms with Crippen molar-refractivity contribution in [1.29, 1.82) is 0 Å². The van der Waals surface area contributed by atoms with Crippen LogP contribution in [-0.2, 0) is 30.0 Å². The normalized spacial score (nSPS) is 18.4. The molecule has 0 bridgehead atoms. The Morgan fingerprint density at radius 2 is 1.81 bits per heavy atom. The molecule has 3 heterocycles. The van der Waals surface area contributed by atoms with Crippen LogP contribution in [0.3, 0.4) is 0 Å². The molecule has 2 N–H and O–H groups in total. The molecule has 0 saturated heterocycles. The van der Waals surface area contributed by atoms with Gasteiger partial charge >= 0.3 is 0 Å². The van der Waals surface area contributed by atoms with Crippen LogP contribution in [0.5, 0.6) is 0 Å². The quantitative estimate of drug-likeness (QED) is 0.409. The number of nitrogens with one attached hydrogen (secondary N) is 2. The Bertz CT molecular complexity index is 1570. The largest absolute Gasteiger partial charge is 0.345 e. The highest BCUT2D eigenvalue weighted by Crippen LogP contribution is 2.57. The number of rotatable bonds is 8. The Balaban J connectivity index is 1.16. The molecule has 12 heteroatoms. The molecule has 43 heavy (non-hydrogen) atoms. The summed E-state index contributed by atoms with van der Waals surface area (Å²) >= 11 is 0. The van der Waals surface area contributed by atoms with Crippen molar-refractivity contribution in [3.63, 3.8) is 0 Å². The number of hydrogen-bond donors (Lipinski definition) is 2. The summed E-state index contributed by atoms with van der Waals surface area (Å²) in [7, 11) is 3.16. The first-order valence-corrected chi connectivity index (χ1v) is 14.3. The third-order valence-corrected chi connectivity index (χ3v) is 8.53. The molecule has 3 aliphatic rings. The maximum Gasteiger partial charge on any atom is 0.268 e. The lowest BCUT2D eigenvalue weighted by Crippen LogP contribution is -2.63.